The molecule has 0 fully saturated rings. The maximum Gasteiger partial charge on any atom is 0.257 e. The summed E-state index contributed by atoms with van der Waals surface area (Å²) in [7, 11) is 0. The van der Waals surface area contributed by atoms with E-state index in [1.165, 1.54) is 0 Å². The first-order valence-corrected chi connectivity index (χ1v) is 6.85. The highest BCUT2D eigenvalue weighted by Crippen LogP contribution is 2.29. The van der Waals surface area contributed by atoms with Crippen LogP contribution in [-0.2, 0) is 11.2 Å². The van der Waals surface area contributed by atoms with Gasteiger partial charge in [0.15, 0.2) is 6.61 Å². The van der Waals surface area contributed by atoms with Crippen LogP contribution in [0.25, 0.3) is 0 Å². The van der Waals surface area contributed by atoms with Crippen molar-refractivity contribution in [3.8, 4) is 5.75 Å². The molecular weight excluding hydrogens is 296 g/mol. The number of para-hydroxylation sites is 1. The van der Waals surface area contributed by atoms with Crippen molar-refractivity contribution in [1.82, 2.24) is 5.32 Å². The summed E-state index contributed by atoms with van der Waals surface area (Å²) >= 11 is 3.42. The lowest BCUT2D eigenvalue weighted by Gasteiger charge is -2.12. The van der Waals surface area contributed by atoms with Crippen LogP contribution in [0.2, 0.25) is 0 Å². The molecule has 0 radical (unpaired) electrons. The third-order valence-electron chi connectivity index (χ3n) is 2.38. The number of halogens is 1. The second-order valence-electron chi connectivity index (χ2n) is 3.91. The molecule has 0 bridgehead atoms. The lowest BCUT2D eigenvalue weighted by Crippen LogP contribution is -2.29. The maximum atomic E-state index is 11.5. The number of benzene rings is 1. The van der Waals surface area contributed by atoms with E-state index in [-0.39, 0.29) is 12.5 Å². The topological polar surface area (TPSA) is 64.3 Å². The molecule has 100 valence electrons. The number of ether oxygens (including phenoxy) is 1. The van der Waals surface area contributed by atoms with E-state index in [4.69, 9.17) is 10.5 Å². The van der Waals surface area contributed by atoms with Crippen LogP contribution in [0.1, 0.15) is 18.9 Å². The zero-order chi connectivity index (χ0) is 13.4. The van der Waals surface area contributed by atoms with E-state index >= 15 is 0 Å². The Balaban J connectivity index is 2.62. The van der Waals surface area contributed by atoms with Gasteiger partial charge in [-0.15, -0.1) is 0 Å². The number of carbonyl (C=O) groups is 1. The third kappa shape index (κ3) is 4.66. The zero-order valence-corrected chi connectivity index (χ0v) is 12.1. The van der Waals surface area contributed by atoms with Gasteiger partial charge >= 0.3 is 0 Å². The molecule has 0 unspecified atom stereocenters. The standard InChI is InChI=1S/C13H19BrN2O2/c1-2-8-16-12(17)9-18-13-10(6-7-15)4-3-5-11(13)14/h3-5H,2,6-9,15H2,1H3,(H,16,17). The first-order chi connectivity index (χ1) is 8.69. The molecule has 0 aliphatic rings. The van der Waals surface area contributed by atoms with Crippen molar-refractivity contribution >= 4 is 21.8 Å². The van der Waals surface area contributed by atoms with Crippen molar-refractivity contribution in [2.45, 2.75) is 19.8 Å². The van der Waals surface area contributed by atoms with Crippen molar-refractivity contribution in [3.05, 3.63) is 28.2 Å². The smallest absolute Gasteiger partial charge is 0.257 e. The maximum absolute atomic E-state index is 11.5. The molecule has 0 spiro atoms. The Hall–Kier alpha value is -1.07. The SMILES string of the molecule is CCCNC(=O)COc1c(Br)cccc1CCN. The molecule has 0 aliphatic heterocycles. The largest absolute Gasteiger partial charge is 0.482 e. The molecule has 0 aliphatic carbocycles. The highest BCUT2D eigenvalue weighted by Gasteiger charge is 2.09. The first-order valence-electron chi connectivity index (χ1n) is 6.06. The fourth-order valence-electron chi connectivity index (χ4n) is 1.52. The average Bonchev–Trinajstić information content (AvgIpc) is 2.36. The summed E-state index contributed by atoms with van der Waals surface area (Å²) in [4.78, 5) is 11.5. The van der Waals surface area contributed by atoms with E-state index in [0.29, 0.717) is 18.8 Å². The molecular formula is C13H19BrN2O2. The molecule has 5 heteroatoms. The Bertz CT molecular complexity index is 397. The van der Waals surface area contributed by atoms with Crippen LogP contribution >= 0.6 is 15.9 Å². The molecule has 0 heterocycles. The third-order valence-corrected chi connectivity index (χ3v) is 3.01. The van der Waals surface area contributed by atoms with Crippen LogP contribution in [0, 0.1) is 0 Å². The van der Waals surface area contributed by atoms with Gasteiger partial charge in [0, 0.05) is 6.54 Å². The lowest BCUT2D eigenvalue weighted by atomic mass is 10.1. The summed E-state index contributed by atoms with van der Waals surface area (Å²) in [5, 5.41) is 2.77. The van der Waals surface area contributed by atoms with Crippen molar-refractivity contribution in [2.24, 2.45) is 5.73 Å². The number of amides is 1. The predicted molar refractivity (Wildman–Crippen MR) is 75.7 cm³/mol. The summed E-state index contributed by atoms with van der Waals surface area (Å²) in [6, 6.07) is 5.77. The first kappa shape index (κ1) is 15.0. The van der Waals surface area contributed by atoms with Gasteiger partial charge < -0.3 is 15.8 Å². The quantitative estimate of drug-likeness (QED) is 0.807. The van der Waals surface area contributed by atoms with Gasteiger partial charge in [0.25, 0.3) is 5.91 Å². The molecule has 1 rings (SSSR count). The predicted octanol–water partition coefficient (Wildman–Crippen LogP) is 1.86. The summed E-state index contributed by atoms with van der Waals surface area (Å²) < 4.78 is 6.41. The van der Waals surface area contributed by atoms with E-state index < -0.39 is 0 Å². The fraction of sp³-hybridized carbons (Fsp3) is 0.462. The molecule has 4 nitrogen and oxygen atoms in total. The van der Waals surface area contributed by atoms with E-state index in [9.17, 15) is 4.79 Å². The Morgan fingerprint density at radius 3 is 2.94 bits per heavy atom. The monoisotopic (exact) mass is 314 g/mol. The Morgan fingerprint density at radius 2 is 2.28 bits per heavy atom. The number of nitrogens with one attached hydrogen (secondary N) is 1. The van der Waals surface area contributed by atoms with Crippen LogP contribution in [-0.4, -0.2) is 25.6 Å². The average molecular weight is 315 g/mol. The number of carbonyl (C=O) groups excluding carboxylic acids is 1. The summed E-state index contributed by atoms with van der Waals surface area (Å²) in [5.41, 5.74) is 6.56. The summed E-state index contributed by atoms with van der Waals surface area (Å²) in [6.45, 7) is 3.26. The second-order valence-corrected chi connectivity index (χ2v) is 4.76. The molecule has 3 N–H and O–H groups in total. The number of hydrogen-bond donors (Lipinski definition) is 2. The van der Waals surface area contributed by atoms with Gasteiger partial charge in [0.2, 0.25) is 0 Å². The summed E-state index contributed by atoms with van der Waals surface area (Å²) in [5.74, 6) is 0.598. The molecule has 1 aromatic carbocycles. The van der Waals surface area contributed by atoms with Crippen LogP contribution in [0.15, 0.2) is 22.7 Å². The highest BCUT2D eigenvalue weighted by molar-refractivity contribution is 9.10. The van der Waals surface area contributed by atoms with Gasteiger partial charge in [-0.2, -0.15) is 0 Å². The van der Waals surface area contributed by atoms with Gasteiger partial charge in [-0.3, -0.25) is 4.79 Å². The van der Waals surface area contributed by atoms with E-state index in [2.05, 4.69) is 21.2 Å². The van der Waals surface area contributed by atoms with Gasteiger partial charge in [0.1, 0.15) is 5.75 Å². The minimum absolute atomic E-state index is 0.0280. The van der Waals surface area contributed by atoms with Crippen molar-refractivity contribution < 1.29 is 9.53 Å². The number of rotatable bonds is 7. The molecule has 0 atom stereocenters. The number of nitrogens with two attached hydrogens (primary N) is 1. The molecule has 0 aromatic heterocycles. The normalized spacial score (nSPS) is 10.2. The van der Waals surface area contributed by atoms with Crippen LogP contribution < -0.4 is 15.8 Å². The van der Waals surface area contributed by atoms with Crippen molar-refractivity contribution in [1.29, 1.82) is 0 Å². The van der Waals surface area contributed by atoms with Gasteiger partial charge in [-0.25, -0.2) is 0 Å². The Labute approximate surface area is 116 Å². The second kappa shape index (κ2) is 8.11. The van der Waals surface area contributed by atoms with E-state index in [1.807, 2.05) is 25.1 Å². The van der Waals surface area contributed by atoms with E-state index in [1.54, 1.807) is 0 Å². The minimum Gasteiger partial charge on any atom is -0.482 e. The molecule has 1 aromatic rings. The van der Waals surface area contributed by atoms with E-state index in [0.717, 1.165) is 22.9 Å². The Morgan fingerprint density at radius 1 is 1.50 bits per heavy atom. The zero-order valence-electron chi connectivity index (χ0n) is 10.5. The lowest BCUT2D eigenvalue weighted by molar-refractivity contribution is -0.123. The van der Waals surface area contributed by atoms with Crippen LogP contribution in [0.3, 0.4) is 0 Å². The summed E-state index contributed by atoms with van der Waals surface area (Å²) in [6.07, 6.45) is 1.64. The van der Waals surface area contributed by atoms with Gasteiger partial charge in [-0.05, 0) is 46.9 Å². The minimum atomic E-state index is -0.105. The van der Waals surface area contributed by atoms with Crippen molar-refractivity contribution in [2.75, 3.05) is 19.7 Å². The number of hydrogen-bond acceptors (Lipinski definition) is 3. The molecule has 0 saturated heterocycles. The van der Waals surface area contributed by atoms with Crippen LogP contribution in [0.5, 0.6) is 5.75 Å². The Kier molecular flexibility index (Phi) is 6.75. The highest BCUT2D eigenvalue weighted by atomic mass is 79.9. The van der Waals surface area contributed by atoms with Crippen molar-refractivity contribution in [3.63, 3.8) is 0 Å². The van der Waals surface area contributed by atoms with Gasteiger partial charge in [-0.1, -0.05) is 19.1 Å². The molecule has 1 amide bonds. The van der Waals surface area contributed by atoms with Crippen LogP contribution in [0.4, 0.5) is 0 Å². The molecule has 18 heavy (non-hydrogen) atoms. The fourth-order valence-corrected chi connectivity index (χ4v) is 2.04. The molecule has 0 saturated carbocycles. The van der Waals surface area contributed by atoms with Gasteiger partial charge in [0.05, 0.1) is 4.47 Å².